The summed E-state index contributed by atoms with van der Waals surface area (Å²) in [6.07, 6.45) is 3.50. The Kier molecular flexibility index (Phi) is 3.04. The van der Waals surface area contributed by atoms with E-state index < -0.39 is 0 Å². The third kappa shape index (κ3) is 1.90. The Hall–Kier alpha value is -0.910. The molecule has 0 saturated carbocycles. The maximum absolute atomic E-state index is 6.10. The Bertz CT molecular complexity index is 417. The van der Waals surface area contributed by atoms with Gasteiger partial charge in [0, 0.05) is 18.1 Å². The highest BCUT2D eigenvalue weighted by Crippen LogP contribution is 2.29. The lowest BCUT2D eigenvalue weighted by Crippen LogP contribution is -2.20. The zero-order chi connectivity index (χ0) is 10.8. The van der Waals surface area contributed by atoms with Gasteiger partial charge in [-0.1, -0.05) is 11.6 Å². The summed E-state index contributed by atoms with van der Waals surface area (Å²) in [7, 11) is 3.78. The summed E-state index contributed by atoms with van der Waals surface area (Å²) in [5.41, 5.74) is 2.77. The standard InChI is InChI=1S/C9H11ClN4S/c1-11-8(7-4-12-5-15-7)9-6(10)3-13-14(9)2/h3-5,8,11H,1-2H3. The van der Waals surface area contributed by atoms with Crippen LogP contribution in [-0.4, -0.2) is 21.8 Å². The van der Waals surface area contributed by atoms with Crippen LogP contribution in [0, 0.1) is 0 Å². The molecule has 15 heavy (non-hydrogen) atoms. The van der Waals surface area contributed by atoms with E-state index in [9.17, 15) is 0 Å². The third-order valence-corrected chi connectivity index (χ3v) is 3.37. The maximum Gasteiger partial charge on any atom is 0.0870 e. The molecule has 4 nitrogen and oxygen atoms in total. The van der Waals surface area contributed by atoms with Gasteiger partial charge in [-0.15, -0.1) is 11.3 Å². The molecule has 2 rings (SSSR count). The maximum atomic E-state index is 6.10. The average molecular weight is 243 g/mol. The fraction of sp³-hybridized carbons (Fsp3) is 0.333. The number of aryl methyl sites for hydroxylation is 1. The number of thiazole rings is 1. The Morgan fingerprint density at radius 1 is 1.53 bits per heavy atom. The number of hydrogen-bond donors (Lipinski definition) is 1. The van der Waals surface area contributed by atoms with Gasteiger partial charge in [0.15, 0.2) is 0 Å². The first-order valence-corrected chi connectivity index (χ1v) is 5.73. The molecule has 0 aliphatic heterocycles. The molecule has 0 aromatic carbocycles. The second-order valence-corrected chi connectivity index (χ2v) is 4.45. The van der Waals surface area contributed by atoms with Crippen LogP contribution in [0.25, 0.3) is 0 Å². The molecule has 1 unspecified atom stereocenters. The Morgan fingerprint density at radius 2 is 2.33 bits per heavy atom. The molecule has 6 heteroatoms. The first-order valence-electron chi connectivity index (χ1n) is 4.47. The molecular formula is C9H11ClN4S. The lowest BCUT2D eigenvalue weighted by atomic mass is 10.2. The molecule has 2 heterocycles. The number of hydrogen-bond acceptors (Lipinski definition) is 4. The van der Waals surface area contributed by atoms with Crippen molar-refractivity contribution in [2.24, 2.45) is 7.05 Å². The molecule has 0 saturated heterocycles. The van der Waals surface area contributed by atoms with Gasteiger partial charge in [-0.05, 0) is 7.05 Å². The summed E-state index contributed by atoms with van der Waals surface area (Å²) in [4.78, 5) is 5.19. The highest BCUT2D eigenvalue weighted by molar-refractivity contribution is 7.09. The molecular weight excluding hydrogens is 232 g/mol. The van der Waals surface area contributed by atoms with Crippen molar-refractivity contribution in [3.8, 4) is 0 Å². The van der Waals surface area contributed by atoms with Crippen LogP contribution in [0.5, 0.6) is 0 Å². The van der Waals surface area contributed by atoms with Crippen molar-refractivity contribution >= 4 is 22.9 Å². The summed E-state index contributed by atoms with van der Waals surface area (Å²) >= 11 is 7.69. The molecule has 0 fully saturated rings. The fourth-order valence-electron chi connectivity index (χ4n) is 1.53. The Labute approximate surface area is 96.9 Å². The van der Waals surface area contributed by atoms with Crippen molar-refractivity contribution in [3.05, 3.63) is 33.5 Å². The quantitative estimate of drug-likeness (QED) is 0.893. The minimum Gasteiger partial charge on any atom is -0.307 e. The van der Waals surface area contributed by atoms with Crippen molar-refractivity contribution in [1.82, 2.24) is 20.1 Å². The van der Waals surface area contributed by atoms with Gasteiger partial charge in [0.25, 0.3) is 0 Å². The molecule has 0 radical (unpaired) electrons. The molecule has 0 aliphatic rings. The van der Waals surface area contributed by atoms with Crippen molar-refractivity contribution in [2.45, 2.75) is 6.04 Å². The lowest BCUT2D eigenvalue weighted by molar-refractivity contribution is 0.612. The van der Waals surface area contributed by atoms with Crippen molar-refractivity contribution in [2.75, 3.05) is 7.05 Å². The van der Waals surface area contributed by atoms with Crippen molar-refractivity contribution in [3.63, 3.8) is 0 Å². The number of nitrogens with one attached hydrogen (secondary N) is 1. The van der Waals surface area contributed by atoms with E-state index in [0.717, 1.165) is 10.6 Å². The largest absolute Gasteiger partial charge is 0.307 e. The van der Waals surface area contributed by atoms with Crippen LogP contribution < -0.4 is 5.32 Å². The predicted molar refractivity (Wildman–Crippen MR) is 61.2 cm³/mol. The van der Waals surface area contributed by atoms with E-state index in [1.807, 2.05) is 25.8 Å². The summed E-state index contributed by atoms with van der Waals surface area (Å²) in [5.74, 6) is 0. The minimum absolute atomic E-state index is 0.0532. The molecule has 80 valence electrons. The third-order valence-electron chi connectivity index (χ3n) is 2.24. The van der Waals surface area contributed by atoms with Crippen LogP contribution >= 0.6 is 22.9 Å². The number of halogens is 1. The van der Waals surface area contributed by atoms with Gasteiger partial charge in [-0.3, -0.25) is 9.67 Å². The average Bonchev–Trinajstić information content (AvgIpc) is 2.83. The number of nitrogens with zero attached hydrogens (tertiary/aromatic N) is 3. The summed E-state index contributed by atoms with van der Waals surface area (Å²) < 4.78 is 1.78. The number of rotatable bonds is 3. The van der Waals surface area contributed by atoms with E-state index in [1.165, 1.54) is 0 Å². The van der Waals surface area contributed by atoms with Crippen LogP contribution in [0.2, 0.25) is 5.02 Å². The fourth-order valence-corrected chi connectivity index (χ4v) is 2.53. The normalized spacial score (nSPS) is 13.0. The van der Waals surface area contributed by atoms with Gasteiger partial charge in [0.05, 0.1) is 28.5 Å². The van der Waals surface area contributed by atoms with Gasteiger partial charge in [-0.2, -0.15) is 5.10 Å². The zero-order valence-electron chi connectivity index (χ0n) is 8.44. The van der Waals surface area contributed by atoms with Gasteiger partial charge < -0.3 is 5.32 Å². The van der Waals surface area contributed by atoms with E-state index in [0.29, 0.717) is 5.02 Å². The molecule has 0 bridgehead atoms. The van der Waals surface area contributed by atoms with E-state index in [-0.39, 0.29) is 6.04 Å². The molecule has 2 aromatic rings. The van der Waals surface area contributed by atoms with Crippen LogP contribution in [0.1, 0.15) is 16.6 Å². The van der Waals surface area contributed by atoms with Crippen molar-refractivity contribution < 1.29 is 0 Å². The van der Waals surface area contributed by atoms with E-state index >= 15 is 0 Å². The molecule has 0 spiro atoms. The highest BCUT2D eigenvalue weighted by atomic mass is 35.5. The summed E-state index contributed by atoms with van der Waals surface area (Å²) in [6.45, 7) is 0. The Morgan fingerprint density at radius 3 is 2.80 bits per heavy atom. The number of aromatic nitrogens is 3. The topological polar surface area (TPSA) is 42.7 Å². The first-order chi connectivity index (χ1) is 7.24. The van der Waals surface area contributed by atoms with Gasteiger partial charge in [0.2, 0.25) is 0 Å². The lowest BCUT2D eigenvalue weighted by Gasteiger charge is -2.14. The van der Waals surface area contributed by atoms with Crippen LogP contribution in [0.3, 0.4) is 0 Å². The van der Waals surface area contributed by atoms with Crippen LogP contribution in [0.15, 0.2) is 17.9 Å². The predicted octanol–water partition coefficient (Wildman–Crippen LogP) is 1.84. The van der Waals surface area contributed by atoms with E-state index in [2.05, 4.69) is 15.4 Å². The zero-order valence-corrected chi connectivity index (χ0v) is 10.0. The Balaban J connectivity index is 2.44. The summed E-state index contributed by atoms with van der Waals surface area (Å²) in [6, 6.07) is 0.0532. The molecule has 0 amide bonds. The van der Waals surface area contributed by atoms with Gasteiger partial charge in [0.1, 0.15) is 0 Å². The van der Waals surface area contributed by atoms with Crippen molar-refractivity contribution in [1.29, 1.82) is 0 Å². The van der Waals surface area contributed by atoms with Gasteiger partial charge in [-0.25, -0.2) is 0 Å². The monoisotopic (exact) mass is 242 g/mol. The van der Waals surface area contributed by atoms with Crippen LogP contribution in [0.4, 0.5) is 0 Å². The van der Waals surface area contributed by atoms with E-state index in [1.54, 1.807) is 22.2 Å². The van der Waals surface area contributed by atoms with E-state index in [4.69, 9.17) is 11.6 Å². The molecule has 1 atom stereocenters. The SMILES string of the molecule is CNC(c1cncs1)c1c(Cl)cnn1C. The second-order valence-electron chi connectivity index (χ2n) is 3.13. The second kappa shape index (κ2) is 4.30. The minimum atomic E-state index is 0.0532. The highest BCUT2D eigenvalue weighted by Gasteiger charge is 2.20. The molecule has 2 aromatic heterocycles. The van der Waals surface area contributed by atoms with Crippen LogP contribution in [-0.2, 0) is 7.05 Å². The molecule has 1 N–H and O–H groups in total. The summed E-state index contributed by atoms with van der Waals surface area (Å²) in [5, 5.41) is 8.01. The van der Waals surface area contributed by atoms with Gasteiger partial charge >= 0.3 is 0 Å². The smallest absolute Gasteiger partial charge is 0.0870 e. The first kappa shape index (κ1) is 10.6. The molecule has 0 aliphatic carbocycles.